The van der Waals surface area contributed by atoms with Crippen LogP contribution in [0.25, 0.3) is 0 Å². The van der Waals surface area contributed by atoms with E-state index < -0.39 is 15.9 Å². The molecule has 1 aliphatic carbocycles. The first kappa shape index (κ1) is 41.4. The molecule has 0 aromatic carbocycles. The van der Waals surface area contributed by atoms with Crippen molar-refractivity contribution >= 4 is 23.1 Å². The molecule has 8 nitrogen and oxygen atoms in total. The van der Waals surface area contributed by atoms with Crippen LogP contribution in [0, 0.1) is 49.0 Å². The second-order valence-electron chi connectivity index (χ2n) is 15.2. The lowest BCUT2D eigenvalue weighted by Gasteiger charge is -2.23. The molecular formula is C31H59NO7. The molecular weight excluding hydrogens is 498 g/mol. The molecule has 0 N–H and O–H groups in total. The summed E-state index contributed by atoms with van der Waals surface area (Å²) in [6, 6.07) is 0. The first-order chi connectivity index (χ1) is 16.9. The Kier molecular flexibility index (Phi) is 16.6. The van der Waals surface area contributed by atoms with Crippen molar-refractivity contribution in [2.24, 2.45) is 38.9 Å². The number of hydrogen-bond acceptors (Lipinski definition) is 7. The van der Waals surface area contributed by atoms with E-state index in [1.807, 2.05) is 111 Å². The SMILES string of the molecule is CC(=O)C(C)(C)C.CC(C)(C)C(=O)C1(CO[N+](=O)[O-])CC1.CC(C)C(=O)C(C)(C)C.CC(C)C(=O)C(C)(C)C. The summed E-state index contributed by atoms with van der Waals surface area (Å²) in [5.74, 6) is 1.32. The van der Waals surface area contributed by atoms with E-state index in [4.69, 9.17) is 0 Å². The number of Topliss-reactive ketones (excluding diaryl/α,β-unsaturated/α-hetero) is 4. The fourth-order valence-corrected chi connectivity index (χ4v) is 3.29. The summed E-state index contributed by atoms with van der Waals surface area (Å²) < 4.78 is 0. The molecule has 0 heterocycles. The van der Waals surface area contributed by atoms with Gasteiger partial charge >= 0.3 is 0 Å². The van der Waals surface area contributed by atoms with Gasteiger partial charge in [0.15, 0.2) is 0 Å². The van der Waals surface area contributed by atoms with E-state index in [-0.39, 0.29) is 46.3 Å². The van der Waals surface area contributed by atoms with Gasteiger partial charge in [-0.2, -0.15) is 0 Å². The monoisotopic (exact) mass is 557 g/mol. The topological polar surface area (TPSA) is 121 Å². The zero-order valence-electron chi connectivity index (χ0n) is 28.1. The van der Waals surface area contributed by atoms with Gasteiger partial charge in [0.2, 0.25) is 0 Å². The lowest BCUT2D eigenvalue weighted by molar-refractivity contribution is -0.759. The maximum Gasteiger partial charge on any atom is 0.294 e. The third-order valence-electron chi connectivity index (χ3n) is 6.05. The number of rotatable bonds is 6. The van der Waals surface area contributed by atoms with E-state index in [0.29, 0.717) is 24.4 Å². The summed E-state index contributed by atoms with van der Waals surface area (Å²) in [4.78, 5) is 59.0. The fraction of sp³-hybridized carbons (Fsp3) is 0.871. The normalized spacial score (nSPS) is 14.4. The van der Waals surface area contributed by atoms with Gasteiger partial charge in [0.1, 0.15) is 29.7 Å². The molecule has 39 heavy (non-hydrogen) atoms. The molecule has 1 saturated carbocycles. The lowest BCUT2D eigenvalue weighted by atomic mass is 9.81. The van der Waals surface area contributed by atoms with Crippen LogP contribution in [0.5, 0.6) is 0 Å². The van der Waals surface area contributed by atoms with E-state index in [9.17, 15) is 29.3 Å². The third kappa shape index (κ3) is 18.7. The van der Waals surface area contributed by atoms with E-state index >= 15 is 0 Å². The Hall–Kier alpha value is -2.12. The Balaban J connectivity index is -0.000000461. The van der Waals surface area contributed by atoms with Crippen LogP contribution in [0.4, 0.5) is 0 Å². The van der Waals surface area contributed by atoms with Crippen molar-refractivity contribution in [2.45, 2.75) is 131 Å². The Labute approximate surface area is 238 Å². The van der Waals surface area contributed by atoms with Gasteiger partial charge in [-0.3, -0.25) is 19.2 Å². The second kappa shape index (κ2) is 15.6. The molecule has 0 spiro atoms. The van der Waals surface area contributed by atoms with Crippen LogP contribution in [-0.4, -0.2) is 34.8 Å². The van der Waals surface area contributed by atoms with E-state index in [2.05, 4.69) is 4.84 Å². The van der Waals surface area contributed by atoms with Gasteiger partial charge in [-0.1, -0.05) is 111 Å². The van der Waals surface area contributed by atoms with Crippen molar-refractivity contribution in [3.8, 4) is 0 Å². The standard InChI is InChI=1S/C9H15NO4.2C8H16O.C6H12O/c1-8(2,3)7(11)9(4-5-9)6-14-10(12)13;2*1-6(2)7(9)8(3,4)5;1-5(7)6(2,3)4/h4-6H2,1-3H3;2*6H,1-5H3;1-4H3. The predicted molar refractivity (Wildman–Crippen MR) is 158 cm³/mol. The number of ketones is 4. The quantitative estimate of drug-likeness (QED) is 0.242. The highest BCUT2D eigenvalue weighted by molar-refractivity contribution is 5.91. The predicted octanol–water partition coefficient (Wildman–Crippen LogP) is 7.73. The Morgan fingerprint density at radius 3 is 1.08 bits per heavy atom. The molecule has 0 radical (unpaired) electrons. The van der Waals surface area contributed by atoms with Crippen molar-refractivity contribution in [3.05, 3.63) is 10.1 Å². The third-order valence-corrected chi connectivity index (χ3v) is 6.05. The van der Waals surface area contributed by atoms with Gasteiger partial charge < -0.3 is 4.84 Å². The maximum atomic E-state index is 11.9. The van der Waals surface area contributed by atoms with E-state index in [1.165, 1.54) is 0 Å². The molecule has 8 heteroatoms. The minimum absolute atomic E-state index is 0.0619. The van der Waals surface area contributed by atoms with Gasteiger partial charge in [-0.25, -0.2) is 0 Å². The number of nitrogens with zero attached hydrogens (tertiary/aromatic N) is 1. The van der Waals surface area contributed by atoms with Crippen LogP contribution in [0.1, 0.15) is 131 Å². The first-order valence-electron chi connectivity index (χ1n) is 13.9. The molecule has 0 aromatic heterocycles. The molecule has 0 saturated heterocycles. The average Bonchev–Trinajstić information content (AvgIpc) is 3.50. The molecule has 1 rings (SSSR count). The molecule has 0 aromatic rings. The van der Waals surface area contributed by atoms with Gasteiger partial charge in [-0.15, -0.1) is 10.1 Å². The zero-order chi connectivity index (χ0) is 32.4. The van der Waals surface area contributed by atoms with Crippen LogP contribution < -0.4 is 0 Å². The minimum Gasteiger partial charge on any atom is -0.313 e. The molecule has 1 aliphatic rings. The van der Waals surface area contributed by atoms with E-state index in [0.717, 1.165) is 0 Å². The summed E-state index contributed by atoms with van der Waals surface area (Å²) in [7, 11) is 0. The summed E-state index contributed by atoms with van der Waals surface area (Å²) >= 11 is 0. The molecule has 0 bridgehead atoms. The summed E-state index contributed by atoms with van der Waals surface area (Å²) in [5.41, 5.74) is -1.48. The first-order valence-corrected chi connectivity index (χ1v) is 13.9. The lowest BCUT2D eigenvalue weighted by Crippen LogP contribution is -2.33. The van der Waals surface area contributed by atoms with Gasteiger partial charge in [0, 0.05) is 33.5 Å². The van der Waals surface area contributed by atoms with Crippen molar-refractivity contribution in [3.63, 3.8) is 0 Å². The molecule has 0 amide bonds. The van der Waals surface area contributed by atoms with Crippen molar-refractivity contribution in [1.82, 2.24) is 0 Å². The van der Waals surface area contributed by atoms with Gasteiger partial charge in [-0.05, 0) is 19.8 Å². The number of carbonyl (C=O) groups excluding carboxylic acids is 4. The Morgan fingerprint density at radius 2 is 0.974 bits per heavy atom. The van der Waals surface area contributed by atoms with Crippen molar-refractivity contribution in [1.29, 1.82) is 0 Å². The van der Waals surface area contributed by atoms with Crippen LogP contribution in [0.3, 0.4) is 0 Å². The highest BCUT2D eigenvalue weighted by Gasteiger charge is 2.53. The van der Waals surface area contributed by atoms with Crippen LogP contribution in [-0.2, 0) is 24.0 Å². The molecule has 1 fully saturated rings. The summed E-state index contributed by atoms with van der Waals surface area (Å²) in [6.45, 7) is 32.2. The zero-order valence-corrected chi connectivity index (χ0v) is 28.1. The van der Waals surface area contributed by atoms with E-state index in [1.54, 1.807) is 6.92 Å². The fourth-order valence-electron chi connectivity index (χ4n) is 3.29. The number of carbonyl (C=O) groups is 4. The largest absolute Gasteiger partial charge is 0.313 e. The maximum absolute atomic E-state index is 11.9. The Bertz CT molecular complexity index is 793. The molecule has 230 valence electrons. The van der Waals surface area contributed by atoms with Crippen LogP contribution in [0.2, 0.25) is 0 Å². The van der Waals surface area contributed by atoms with Crippen molar-refractivity contribution in [2.75, 3.05) is 6.61 Å². The van der Waals surface area contributed by atoms with Crippen LogP contribution in [0.15, 0.2) is 0 Å². The summed E-state index contributed by atoms with van der Waals surface area (Å²) in [5, 5.41) is 9.18. The molecule has 0 unspecified atom stereocenters. The average molecular weight is 558 g/mol. The van der Waals surface area contributed by atoms with Gasteiger partial charge in [0.25, 0.3) is 5.09 Å². The number of hydrogen-bond donors (Lipinski definition) is 0. The minimum atomic E-state index is -0.837. The smallest absolute Gasteiger partial charge is 0.294 e. The highest BCUT2D eigenvalue weighted by Crippen LogP contribution is 2.50. The second-order valence-corrected chi connectivity index (χ2v) is 15.2. The van der Waals surface area contributed by atoms with Gasteiger partial charge in [0.05, 0.1) is 5.41 Å². The Morgan fingerprint density at radius 1 is 0.692 bits per heavy atom. The highest BCUT2D eigenvalue weighted by atomic mass is 16.9. The molecule has 0 aliphatic heterocycles. The van der Waals surface area contributed by atoms with Crippen LogP contribution >= 0.6 is 0 Å². The van der Waals surface area contributed by atoms with Crippen molar-refractivity contribution < 1.29 is 29.1 Å². The molecule has 0 atom stereocenters. The summed E-state index contributed by atoms with van der Waals surface area (Å²) in [6.07, 6.45) is 1.41.